The van der Waals surface area contributed by atoms with Gasteiger partial charge in [0, 0.05) is 0 Å². The van der Waals surface area contributed by atoms with Crippen molar-refractivity contribution in [2.24, 2.45) is 0 Å². The quantitative estimate of drug-likeness (QED) is 0.579. The van der Waals surface area contributed by atoms with Crippen LogP contribution in [0.4, 0.5) is 0 Å². The summed E-state index contributed by atoms with van der Waals surface area (Å²) in [5.74, 6) is 0. The molecule has 2 aromatic carbocycles. The fraction of sp³-hybridized carbons (Fsp3) is 0.227. The minimum atomic E-state index is 0. The second-order valence-corrected chi connectivity index (χ2v) is 6.05. The first-order valence-electron chi connectivity index (χ1n) is 7.91. The van der Waals surface area contributed by atoms with E-state index in [2.05, 4.69) is 58.3 Å². The Hall–Kier alpha value is -1.20. The van der Waals surface area contributed by atoms with Crippen LogP contribution in [0.15, 0.2) is 66.8 Å². The van der Waals surface area contributed by atoms with Crippen molar-refractivity contribution < 1.29 is 24.2 Å². The van der Waals surface area contributed by atoms with Gasteiger partial charge >= 0.3 is 63.8 Å². The molecule has 0 spiro atoms. The fourth-order valence-corrected chi connectivity index (χ4v) is 2.98. The Morgan fingerprint density at radius 2 is 1.83 bits per heavy atom. The van der Waals surface area contributed by atoms with E-state index in [-0.39, 0.29) is 7.43 Å². The van der Waals surface area contributed by atoms with Crippen LogP contribution < -0.4 is 0 Å². The molecule has 2 aliphatic rings. The zero-order valence-electron chi connectivity index (χ0n) is 14.0. The van der Waals surface area contributed by atoms with Crippen molar-refractivity contribution in [2.75, 3.05) is 0 Å². The van der Waals surface area contributed by atoms with Crippen LogP contribution >= 0.6 is 0 Å². The molecule has 0 unspecified atom stereocenters. The topological polar surface area (TPSA) is 0 Å². The molecule has 0 aromatic heterocycles. The smallest absolute Gasteiger partial charge is 0.0512 e. The van der Waals surface area contributed by atoms with Crippen LogP contribution in [0, 0.1) is 13.5 Å². The summed E-state index contributed by atoms with van der Waals surface area (Å²) < 4.78 is 2.17. The number of hydrogen-bond donors (Lipinski definition) is 0. The number of rotatable bonds is 1. The molecule has 23 heavy (non-hydrogen) atoms. The van der Waals surface area contributed by atoms with Crippen molar-refractivity contribution in [3.63, 3.8) is 0 Å². The largest absolute Gasteiger partial charge is 0.210 e. The Morgan fingerprint density at radius 3 is 2.35 bits per heavy atom. The third-order valence-electron chi connectivity index (χ3n) is 3.70. The molecule has 0 amide bonds. The normalized spacial score (nSPS) is 13.5. The van der Waals surface area contributed by atoms with Crippen molar-refractivity contribution >= 4 is 3.71 Å². The third kappa shape index (κ3) is 7.75. The van der Waals surface area contributed by atoms with Crippen LogP contribution in [-0.2, 0) is 37.1 Å². The summed E-state index contributed by atoms with van der Waals surface area (Å²) in [5.41, 5.74) is 4.52. The molecule has 0 radical (unpaired) electrons. The second kappa shape index (κ2) is 12.3. The maximum absolute atomic E-state index is 2.99. The van der Waals surface area contributed by atoms with Crippen molar-refractivity contribution in [3.05, 3.63) is 97.0 Å². The summed E-state index contributed by atoms with van der Waals surface area (Å²) in [4.78, 5) is 0. The number of allylic oxidation sites excluding steroid dienone is 4. The zero-order valence-corrected chi connectivity index (χ0v) is 16.4. The maximum atomic E-state index is 2.99. The molecule has 0 N–H and O–H groups in total. The van der Waals surface area contributed by atoms with Gasteiger partial charge in [-0.3, -0.25) is 6.08 Å². The summed E-state index contributed by atoms with van der Waals surface area (Å²) >= 11 is 1.46. The van der Waals surface area contributed by atoms with E-state index in [9.17, 15) is 0 Å². The molecule has 1 heteroatoms. The van der Waals surface area contributed by atoms with Gasteiger partial charge in [-0.25, -0.2) is 18.2 Å². The van der Waals surface area contributed by atoms with Gasteiger partial charge in [0.2, 0.25) is 0 Å². The summed E-state index contributed by atoms with van der Waals surface area (Å²) in [5, 5.41) is 0. The van der Waals surface area contributed by atoms with Gasteiger partial charge in [-0.2, -0.15) is 29.3 Å². The molecule has 4 rings (SSSR count). The molecule has 2 aromatic rings. The van der Waals surface area contributed by atoms with Crippen LogP contribution in [0.1, 0.15) is 36.0 Å². The predicted molar refractivity (Wildman–Crippen MR) is 98.3 cm³/mol. The maximum Gasteiger partial charge on any atom is -0.0512 e. The first-order chi connectivity index (χ1) is 10.9. The average molecular weight is 381 g/mol. The summed E-state index contributed by atoms with van der Waals surface area (Å²) in [6, 6.07) is 17.0. The molecule has 2 aliphatic carbocycles. The minimum Gasteiger partial charge on any atom is -0.210 e. The summed E-state index contributed by atoms with van der Waals surface area (Å²) in [6.07, 6.45) is 15.4. The molecule has 0 heterocycles. The standard InChI is InChI=1S/C9H11.C7H6.C5H5.CH3.Zr/c1-2-5-9-7-3-6-8(9)4-1;1-7-5-3-2-4-6-7;1-2-4-5-3-1;;/h3,6-7H,1-2,4-5H2;1-6H;1-3H,4H2;1H3;/q-1;;2*-1;. The van der Waals surface area contributed by atoms with E-state index in [1.807, 2.05) is 18.2 Å². The molecule has 0 fully saturated rings. The van der Waals surface area contributed by atoms with Crippen molar-refractivity contribution in [1.82, 2.24) is 0 Å². The average Bonchev–Trinajstić information content (AvgIpc) is 3.30. The molecular weight excluding hydrogens is 355 g/mol. The molecule has 0 nitrogen and oxygen atoms in total. The Balaban J connectivity index is 0.000000175. The molecule has 0 saturated heterocycles. The van der Waals surface area contributed by atoms with E-state index in [1.165, 1.54) is 55.5 Å². The van der Waals surface area contributed by atoms with E-state index in [0.29, 0.717) is 0 Å². The van der Waals surface area contributed by atoms with Gasteiger partial charge in [0.25, 0.3) is 0 Å². The van der Waals surface area contributed by atoms with E-state index >= 15 is 0 Å². The van der Waals surface area contributed by atoms with Gasteiger partial charge in [0.05, 0.1) is 0 Å². The Bertz CT molecular complexity index is 571. The zero-order chi connectivity index (χ0) is 15.5. The number of benzene rings is 1. The van der Waals surface area contributed by atoms with E-state index < -0.39 is 0 Å². The summed E-state index contributed by atoms with van der Waals surface area (Å²) in [7, 11) is 0. The van der Waals surface area contributed by atoms with Crippen LogP contribution in [0.25, 0.3) is 0 Å². The number of hydrogen-bond acceptors (Lipinski definition) is 0. The van der Waals surface area contributed by atoms with Crippen molar-refractivity contribution in [3.8, 4) is 0 Å². The van der Waals surface area contributed by atoms with Crippen LogP contribution in [0.3, 0.4) is 0 Å². The number of fused-ring (bicyclic) bond motifs is 1. The van der Waals surface area contributed by atoms with E-state index in [4.69, 9.17) is 0 Å². The first-order valence-corrected chi connectivity index (χ1v) is 9.33. The van der Waals surface area contributed by atoms with Crippen LogP contribution in [0.5, 0.6) is 0 Å². The van der Waals surface area contributed by atoms with Gasteiger partial charge in [-0.1, -0.05) is 25.7 Å². The van der Waals surface area contributed by atoms with Crippen molar-refractivity contribution in [2.45, 2.75) is 32.1 Å². The summed E-state index contributed by atoms with van der Waals surface area (Å²) in [6.45, 7) is 0. The first kappa shape index (κ1) is 19.8. The fourth-order valence-electron chi connectivity index (χ4n) is 2.50. The predicted octanol–water partition coefficient (Wildman–Crippen LogP) is 5.42. The van der Waals surface area contributed by atoms with E-state index in [1.54, 1.807) is 11.1 Å². The van der Waals surface area contributed by atoms with Gasteiger partial charge < -0.3 is 7.43 Å². The van der Waals surface area contributed by atoms with Crippen LogP contribution in [0.2, 0.25) is 0 Å². The van der Waals surface area contributed by atoms with Gasteiger partial charge in [0.1, 0.15) is 0 Å². The molecular formula is C22H25Zr-3. The SMILES string of the molecule is [C-]1=CC=CC1.[CH3-].[Zr]=[CH]c1ccccc1.c1cc2c([cH-]1)CCCC2. The molecule has 0 atom stereocenters. The molecule has 120 valence electrons. The van der Waals surface area contributed by atoms with Gasteiger partial charge in [-0.15, -0.1) is 6.42 Å². The Morgan fingerprint density at radius 1 is 1.04 bits per heavy atom. The Labute approximate surface area is 156 Å². The van der Waals surface area contributed by atoms with Crippen molar-refractivity contribution in [1.29, 1.82) is 0 Å². The minimum absolute atomic E-state index is 0. The van der Waals surface area contributed by atoms with Gasteiger partial charge in [-0.05, 0) is 0 Å². The number of aryl methyl sites for hydroxylation is 2. The monoisotopic (exact) mass is 379 g/mol. The van der Waals surface area contributed by atoms with Gasteiger partial charge in [0.15, 0.2) is 0 Å². The third-order valence-corrected chi connectivity index (χ3v) is 4.52. The second-order valence-electron chi connectivity index (χ2n) is 5.34. The van der Waals surface area contributed by atoms with Crippen LogP contribution in [-0.4, -0.2) is 3.71 Å². The molecule has 0 bridgehead atoms. The molecule has 0 saturated carbocycles. The molecule has 0 aliphatic heterocycles. The Kier molecular flexibility index (Phi) is 10.6. The van der Waals surface area contributed by atoms with E-state index in [0.717, 1.165) is 6.42 Å².